The summed E-state index contributed by atoms with van der Waals surface area (Å²) in [6.45, 7) is 4.97. The van der Waals surface area contributed by atoms with E-state index in [9.17, 15) is 8.78 Å². The predicted octanol–water partition coefficient (Wildman–Crippen LogP) is 3.49. The molecular weight excluding hydrogens is 220 g/mol. The fraction of sp³-hybridized carbons (Fsp3) is 0.571. The van der Waals surface area contributed by atoms with Crippen molar-refractivity contribution in [1.82, 2.24) is 5.32 Å². The fourth-order valence-electron chi connectivity index (χ4n) is 2.56. The highest BCUT2D eigenvalue weighted by molar-refractivity contribution is 5.18. The highest BCUT2D eigenvalue weighted by atomic mass is 19.1. The van der Waals surface area contributed by atoms with Gasteiger partial charge in [-0.25, -0.2) is 8.78 Å². The fourth-order valence-corrected chi connectivity index (χ4v) is 2.56. The van der Waals surface area contributed by atoms with Crippen LogP contribution in [-0.2, 0) is 6.54 Å². The standard InChI is InChI=1S/C14H19F2N/c1-9-3-6-14(10(9)2)17-8-11-4-5-12(15)7-13(11)16/h4-5,7,9-10,14,17H,3,6,8H2,1-2H3. The molecule has 1 aromatic carbocycles. The van der Waals surface area contributed by atoms with Gasteiger partial charge in [-0.2, -0.15) is 0 Å². The Morgan fingerprint density at radius 1 is 1.24 bits per heavy atom. The van der Waals surface area contributed by atoms with Crippen LogP contribution in [0.2, 0.25) is 0 Å². The van der Waals surface area contributed by atoms with Gasteiger partial charge in [0.05, 0.1) is 0 Å². The monoisotopic (exact) mass is 239 g/mol. The lowest BCUT2D eigenvalue weighted by atomic mass is 9.97. The summed E-state index contributed by atoms with van der Waals surface area (Å²) in [5.41, 5.74) is 0.540. The third kappa shape index (κ3) is 2.83. The maximum absolute atomic E-state index is 13.4. The van der Waals surface area contributed by atoms with Gasteiger partial charge in [-0.1, -0.05) is 19.9 Å². The molecule has 1 saturated carbocycles. The molecular formula is C14H19F2N. The zero-order chi connectivity index (χ0) is 12.4. The van der Waals surface area contributed by atoms with Crippen molar-refractivity contribution >= 4 is 0 Å². The van der Waals surface area contributed by atoms with Gasteiger partial charge in [-0.05, 0) is 30.7 Å². The molecule has 0 spiro atoms. The lowest BCUT2D eigenvalue weighted by Gasteiger charge is -2.19. The van der Waals surface area contributed by atoms with E-state index >= 15 is 0 Å². The number of benzene rings is 1. The van der Waals surface area contributed by atoms with Gasteiger partial charge in [0.1, 0.15) is 11.6 Å². The van der Waals surface area contributed by atoms with E-state index in [1.54, 1.807) is 0 Å². The number of halogens is 2. The summed E-state index contributed by atoms with van der Waals surface area (Å²) in [5, 5.41) is 3.38. The average Bonchev–Trinajstić information content (AvgIpc) is 2.59. The van der Waals surface area contributed by atoms with Gasteiger partial charge in [0, 0.05) is 24.2 Å². The van der Waals surface area contributed by atoms with Crippen LogP contribution in [0.1, 0.15) is 32.3 Å². The molecule has 1 aliphatic carbocycles. The summed E-state index contributed by atoms with van der Waals surface area (Å²) in [7, 11) is 0. The van der Waals surface area contributed by atoms with E-state index in [-0.39, 0.29) is 0 Å². The molecule has 1 aromatic rings. The Labute approximate surface area is 101 Å². The van der Waals surface area contributed by atoms with Crippen molar-refractivity contribution in [3.05, 3.63) is 35.4 Å². The second kappa shape index (κ2) is 5.13. The Hall–Kier alpha value is -0.960. The summed E-state index contributed by atoms with van der Waals surface area (Å²) in [4.78, 5) is 0. The molecule has 0 bridgehead atoms. The molecule has 0 aromatic heterocycles. The first-order valence-corrected chi connectivity index (χ1v) is 6.25. The molecule has 1 nitrogen and oxygen atoms in total. The van der Waals surface area contributed by atoms with Gasteiger partial charge in [-0.3, -0.25) is 0 Å². The van der Waals surface area contributed by atoms with Crippen LogP contribution < -0.4 is 5.32 Å². The minimum atomic E-state index is -0.519. The molecule has 1 N–H and O–H groups in total. The zero-order valence-corrected chi connectivity index (χ0v) is 10.3. The second-order valence-corrected chi connectivity index (χ2v) is 5.14. The summed E-state index contributed by atoms with van der Waals surface area (Å²) in [6.07, 6.45) is 2.37. The van der Waals surface area contributed by atoms with Gasteiger partial charge >= 0.3 is 0 Å². The van der Waals surface area contributed by atoms with Crippen LogP contribution in [-0.4, -0.2) is 6.04 Å². The molecule has 3 heteroatoms. The molecule has 2 rings (SSSR count). The summed E-state index contributed by atoms with van der Waals surface area (Å²) in [6, 6.07) is 4.22. The number of hydrogen-bond acceptors (Lipinski definition) is 1. The maximum atomic E-state index is 13.4. The van der Waals surface area contributed by atoms with Crippen LogP contribution in [0.4, 0.5) is 8.78 Å². The van der Waals surface area contributed by atoms with E-state index in [4.69, 9.17) is 0 Å². The smallest absolute Gasteiger partial charge is 0.130 e. The SMILES string of the molecule is CC1CCC(NCc2ccc(F)cc2F)C1C. The average molecular weight is 239 g/mol. The van der Waals surface area contributed by atoms with Crippen molar-refractivity contribution in [2.45, 2.75) is 39.3 Å². The van der Waals surface area contributed by atoms with Crippen LogP contribution in [0.3, 0.4) is 0 Å². The number of rotatable bonds is 3. The van der Waals surface area contributed by atoms with Crippen LogP contribution >= 0.6 is 0 Å². The van der Waals surface area contributed by atoms with Gasteiger partial charge in [0.25, 0.3) is 0 Å². The first-order valence-electron chi connectivity index (χ1n) is 6.25. The van der Waals surface area contributed by atoms with Crippen molar-refractivity contribution in [3.8, 4) is 0 Å². The molecule has 0 saturated heterocycles. The van der Waals surface area contributed by atoms with Gasteiger partial charge < -0.3 is 5.32 Å². The normalized spacial score (nSPS) is 28.6. The largest absolute Gasteiger partial charge is 0.310 e. The van der Waals surface area contributed by atoms with Crippen molar-refractivity contribution in [2.24, 2.45) is 11.8 Å². The Bertz CT molecular complexity index is 392. The third-order valence-corrected chi connectivity index (χ3v) is 4.04. The Morgan fingerprint density at radius 2 is 2.00 bits per heavy atom. The summed E-state index contributed by atoms with van der Waals surface area (Å²) < 4.78 is 26.2. The summed E-state index contributed by atoms with van der Waals surface area (Å²) in [5.74, 6) is 0.370. The van der Waals surface area contributed by atoms with Crippen LogP contribution in [0, 0.1) is 23.5 Å². The van der Waals surface area contributed by atoms with E-state index in [2.05, 4.69) is 19.2 Å². The molecule has 17 heavy (non-hydrogen) atoms. The highest BCUT2D eigenvalue weighted by Gasteiger charge is 2.29. The Balaban J connectivity index is 1.94. The molecule has 0 heterocycles. The molecule has 3 atom stereocenters. The van der Waals surface area contributed by atoms with Crippen LogP contribution in [0.5, 0.6) is 0 Å². The third-order valence-electron chi connectivity index (χ3n) is 4.04. The van der Waals surface area contributed by atoms with Gasteiger partial charge in [0.2, 0.25) is 0 Å². The minimum absolute atomic E-state index is 0.453. The summed E-state index contributed by atoms with van der Waals surface area (Å²) >= 11 is 0. The van der Waals surface area contributed by atoms with E-state index < -0.39 is 11.6 Å². The van der Waals surface area contributed by atoms with Gasteiger partial charge in [-0.15, -0.1) is 0 Å². The lowest BCUT2D eigenvalue weighted by Crippen LogP contribution is -2.32. The van der Waals surface area contributed by atoms with Crippen LogP contribution in [0.25, 0.3) is 0 Å². The Morgan fingerprint density at radius 3 is 2.59 bits per heavy atom. The quantitative estimate of drug-likeness (QED) is 0.851. The van der Waals surface area contributed by atoms with Crippen molar-refractivity contribution < 1.29 is 8.78 Å². The Kier molecular flexibility index (Phi) is 3.77. The molecule has 94 valence electrons. The number of hydrogen-bond donors (Lipinski definition) is 1. The molecule has 3 unspecified atom stereocenters. The van der Waals surface area contributed by atoms with E-state index in [1.807, 2.05) is 0 Å². The van der Waals surface area contributed by atoms with E-state index in [1.165, 1.54) is 18.6 Å². The van der Waals surface area contributed by atoms with Crippen molar-refractivity contribution in [3.63, 3.8) is 0 Å². The first-order chi connectivity index (χ1) is 8.08. The molecule has 0 radical (unpaired) electrons. The predicted molar refractivity (Wildman–Crippen MR) is 64.5 cm³/mol. The van der Waals surface area contributed by atoms with Crippen molar-refractivity contribution in [1.29, 1.82) is 0 Å². The topological polar surface area (TPSA) is 12.0 Å². The lowest BCUT2D eigenvalue weighted by molar-refractivity contribution is 0.367. The zero-order valence-electron chi connectivity index (χ0n) is 10.3. The molecule has 0 amide bonds. The number of nitrogens with one attached hydrogen (secondary N) is 1. The van der Waals surface area contributed by atoms with Crippen molar-refractivity contribution in [2.75, 3.05) is 0 Å². The second-order valence-electron chi connectivity index (χ2n) is 5.14. The first kappa shape index (κ1) is 12.5. The molecule has 0 aliphatic heterocycles. The highest BCUT2D eigenvalue weighted by Crippen LogP contribution is 2.31. The molecule has 1 fully saturated rings. The maximum Gasteiger partial charge on any atom is 0.130 e. The van der Waals surface area contributed by atoms with E-state index in [0.717, 1.165) is 18.4 Å². The molecule has 1 aliphatic rings. The van der Waals surface area contributed by atoms with E-state index in [0.29, 0.717) is 24.1 Å². The van der Waals surface area contributed by atoms with Crippen LogP contribution in [0.15, 0.2) is 18.2 Å². The minimum Gasteiger partial charge on any atom is -0.310 e. The van der Waals surface area contributed by atoms with Gasteiger partial charge in [0.15, 0.2) is 0 Å².